The molecule has 0 aliphatic carbocycles. The summed E-state index contributed by atoms with van der Waals surface area (Å²) in [7, 11) is 0. The van der Waals surface area contributed by atoms with Crippen LogP contribution >= 0.6 is 0 Å². The minimum Gasteiger partial charge on any atom is -0.378 e. The molecule has 0 amide bonds. The predicted molar refractivity (Wildman–Crippen MR) is 72.9 cm³/mol. The molecule has 2 unspecified atom stereocenters. The van der Waals surface area contributed by atoms with Gasteiger partial charge in [0.25, 0.3) is 0 Å². The van der Waals surface area contributed by atoms with E-state index in [1.165, 1.54) is 51.4 Å². The van der Waals surface area contributed by atoms with Crippen molar-refractivity contribution in [2.24, 2.45) is 5.92 Å². The van der Waals surface area contributed by atoms with Gasteiger partial charge >= 0.3 is 0 Å². The van der Waals surface area contributed by atoms with Gasteiger partial charge in [0.1, 0.15) is 0 Å². The van der Waals surface area contributed by atoms with Gasteiger partial charge in [-0.05, 0) is 31.6 Å². The van der Waals surface area contributed by atoms with E-state index in [0.717, 1.165) is 12.5 Å². The molecule has 0 saturated heterocycles. The first kappa shape index (κ1) is 16.0. The molecule has 98 valence electrons. The second-order valence-corrected chi connectivity index (χ2v) is 5.05. The van der Waals surface area contributed by atoms with E-state index in [1.54, 1.807) is 0 Å². The summed E-state index contributed by atoms with van der Waals surface area (Å²) in [6.45, 7) is 10.1. The molecular formula is C15H32O. The van der Waals surface area contributed by atoms with Crippen molar-refractivity contribution in [2.45, 2.75) is 85.2 Å². The van der Waals surface area contributed by atoms with Crippen molar-refractivity contribution < 1.29 is 4.74 Å². The lowest BCUT2D eigenvalue weighted by molar-refractivity contribution is 0.0394. The highest BCUT2D eigenvalue weighted by atomic mass is 16.5. The zero-order chi connectivity index (χ0) is 12.2. The maximum absolute atomic E-state index is 5.93. The fourth-order valence-electron chi connectivity index (χ4n) is 1.91. The Labute approximate surface area is 103 Å². The average Bonchev–Trinajstić information content (AvgIpc) is 2.31. The zero-order valence-corrected chi connectivity index (χ0v) is 11.9. The maximum Gasteiger partial charge on any atom is 0.0572 e. The number of unbranched alkanes of at least 4 members (excludes halogenated alkanes) is 2. The highest BCUT2D eigenvalue weighted by Gasteiger charge is 2.06. The molecular weight excluding hydrogens is 196 g/mol. The molecule has 0 heterocycles. The fraction of sp³-hybridized carbons (Fsp3) is 1.00. The van der Waals surface area contributed by atoms with Crippen LogP contribution in [0.4, 0.5) is 0 Å². The van der Waals surface area contributed by atoms with E-state index < -0.39 is 0 Å². The van der Waals surface area contributed by atoms with Gasteiger partial charge in [0.05, 0.1) is 6.10 Å². The van der Waals surface area contributed by atoms with Crippen LogP contribution in [-0.2, 0) is 4.74 Å². The van der Waals surface area contributed by atoms with Crippen LogP contribution in [0.5, 0.6) is 0 Å². The summed E-state index contributed by atoms with van der Waals surface area (Å²) in [5.41, 5.74) is 0. The smallest absolute Gasteiger partial charge is 0.0572 e. The number of hydrogen-bond donors (Lipinski definition) is 0. The van der Waals surface area contributed by atoms with Crippen molar-refractivity contribution in [2.75, 3.05) is 6.61 Å². The molecule has 0 radical (unpaired) electrons. The molecule has 0 spiro atoms. The lowest BCUT2D eigenvalue weighted by atomic mass is 10.0. The zero-order valence-electron chi connectivity index (χ0n) is 11.9. The monoisotopic (exact) mass is 228 g/mol. The van der Waals surface area contributed by atoms with E-state index >= 15 is 0 Å². The van der Waals surface area contributed by atoms with Gasteiger partial charge in [-0.25, -0.2) is 0 Å². The van der Waals surface area contributed by atoms with Crippen LogP contribution in [0.25, 0.3) is 0 Å². The highest BCUT2D eigenvalue weighted by Crippen LogP contribution is 2.13. The second kappa shape index (κ2) is 11.4. The van der Waals surface area contributed by atoms with Crippen molar-refractivity contribution in [3.63, 3.8) is 0 Å². The fourth-order valence-corrected chi connectivity index (χ4v) is 1.91. The van der Waals surface area contributed by atoms with Gasteiger partial charge in [-0.3, -0.25) is 0 Å². The summed E-state index contributed by atoms with van der Waals surface area (Å²) in [6, 6.07) is 0. The molecule has 0 aliphatic rings. The van der Waals surface area contributed by atoms with E-state index in [1.807, 2.05) is 0 Å². The van der Waals surface area contributed by atoms with Crippen LogP contribution in [0.2, 0.25) is 0 Å². The van der Waals surface area contributed by atoms with Crippen molar-refractivity contribution in [3.05, 3.63) is 0 Å². The summed E-state index contributed by atoms with van der Waals surface area (Å²) in [6.07, 6.45) is 10.8. The van der Waals surface area contributed by atoms with E-state index in [4.69, 9.17) is 4.74 Å². The average molecular weight is 228 g/mol. The summed E-state index contributed by atoms with van der Waals surface area (Å²) in [4.78, 5) is 0. The van der Waals surface area contributed by atoms with Gasteiger partial charge in [-0.2, -0.15) is 0 Å². The minimum atomic E-state index is 0.517. The molecule has 2 atom stereocenters. The van der Waals surface area contributed by atoms with E-state index in [-0.39, 0.29) is 0 Å². The molecule has 16 heavy (non-hydrogen) atoms. The van der Waals surface area contributed by atoms with E-state index in [9.17, 15) is 0 Å². The second-order valence-electron chi connectivity index (χ2n) is 5.05. The molecule has 0 fully saturated rings. The van der Waals surface area contributed by atoms with Gasteiger partial charge in [-0.15, -0.1) is 0 Å². The van der Waals surface area contributed by atoms with Gasteiger partial charge in [-0.1, -0.05) is 53.4 Å². The Morgan fingerprint density at radius 3 is 2.19 bits per heavy atom. The predicted octanol–water partition coefficient (Wildman–Crippen LogP) is 5.19. The van der Waals surface area contributed by atoms with Gasteiger partial charge in [0.15, 0.2) is 0 Å². The summed E-state index contributed by atoms with van der Waals surface area (Å²) < 4.78 is 5.93. The summed E-state index contributed by atoms with van der Waals surface area (Å²) in [5, 5.41) is 0. The number of rotatable bonds is 11. The van der Waals surface area contributed by atoms with Crippen molar-refractivity contribution in [1.82, 2.24) is 0 Å². The summed E-state index contributed by atoms with van der Waals surface area (Å²) in [5.74, 6) is 0.865. The molecule has 0 saturated carbocycles. The van der Waals surface area contributed by atoms with Crippen molar-refractivity contribution >= 4 is 0 Å². The van der Waals surface area contributed by atoms with Crippen LogP contribution in [0.15, 0.2) is 0 Å². The Hall–Kier alpha value is -0.0400. The molecule has 1 nitrogen and oxygen atoms in total. The molecule has 0 bridgehead atoms. The molecule has 0 N–H and O–H groups in total. The van der Waals surface area contributed by atoms with Crippen LogP contribution in [-0.4, -0.2) is 12.7 Å². The molecule has 0 rings (SSSR count). The summed E-state index contributed by atoms with van der Waals surface area (Å²) >= 11 is 0. The quantitative estimate of drug-likeness (QED) is 0.442. The van der Waals surface area contributed by atoms with Gasteiger partial charge in [0, 0.05) is 6.61 Å². The number of hydrogen-bond acceptors (Lipinski definition) is 1. The molecule has 0 aliphatic heterocycles. The molecule has 1 heteroatoms. The van der Waals surface area contributed by atoms with Crippen LogP contribution in [0.3, 0.4) is 0 Å². The first-order valence-corrected chi connectivity index (χ1v) is 7.36. The van der Waals surface area contributed by atoms with E-state index in [2.05, 4.69) is 27.7 Å². The Balaban J connectivity index is 3.40. The standard InChI is InChI=1S/C15H32O/c1-5-8-9-12-15(7-3)16-13-10-11-14(4)6-2/h14-15H,5-13H2,1-4H3. The lowest BCUT2D eigenvalue weighted by Gasteiger charge is -2.16. The topological polar surface area (TPSA) is 9.23 Å². The normalized spacial score (nSPS) is 15.0. The van der Waals surface area contributed by atoms with Crippen LogP contribution in [0, 0.1) is 5.92 Å². The number of ether oxygens (including phenoxy) is 1. The largest absolute Gasteiger partial charge is 0.378 e. The molecule has 0 aromatic carbocycles. The first-order valence-electron chi connectivity index (χ1n) is 7.36. The first-order chi connectivity index (χ1) is 7.74. The molecule has 0 aromatic heterocycles. The van der Waals surface area contributed by atoms with E-state index in [0.29, 0.717) is 6.10 Å². The Bertz CT molecular complexity index is 133. The Kier molecular flexibility index (Phi) is 11.4. The van der Waals surface area contributed by atoms with Crippen LogP contribution < -0.4 is 0 Å². The van der Waals surface area contributed by atoms with Crippen molar-refractivity contribution in [3.8, 4) is 0 Å². The highest BCUT2D eigenvalue weighted by molar-refractivity contribution is 4.57. The van der Waals surface area contributed by atoms with Gasteiger partial charge in [0.2, 0.25) is 0 Å². The van der Waals surface area contributed by atoms with Crippen LogP contribution in [0.1, 0.15) is 79.1 Å². The third-order valence-electron chi connectivity index (χ3n) is 3.48. The minimum absolute atomic E-state index is 0.517. The lowest BCUT2D eigenvalue weighted by Crippen LogP contribution is -2.13. The van der Waals surface area contributed by atoms with Crippen molar-refractivity contribution in [1.29, 1.82) is 0 Å². The Morgan fingerprint density at radius 1 is 0.875 bits per heavy atom. The van der Waals surface area contributed by atoms with Gasteiger partial charge < -0.3 is 4.74 Å². The maximum atomic E-state index is 5.93. The SMILES string of the molecule is CCCCCC(CC)OCCCC(C)CC. The third kappa shape index (κ3) is 9.21. The third-order valence-corrected chi connectivity index (χ3v) is 3.48. The Morgan fingerprint density at radius 2 is 1.62 bits per heavy atom. The molecule has 0 aromatic rings.